The molecule has 0 N–H and O–H groups in total. The first-order valence-corrected chi connectivity index (χ1v) is 10.2. The molecule has 0 aliphatic heterocycles. The summed E-state index contributed by atoms with van der Waals surface area (Å²) in [5, 5.41) is 7.87. The van der Waals surface area contributed by atoms with Crippen LogP contribution >= 0.6 is 0 Å². The van der Waals surface area contributed by atoms with Crippen molar-refractivity contribution < 1.29 is 23.4 Å². The highest BCUT2D eigenvalue weighted by molar-refractivity contribution is 5.87. The minimum Gasteiger partial charge on any atom is -0.490 e. The lowest BCUT2D eigenvalue weighted by Crippen LogP contribution is -2.06. The van der Waals surface area contributed by atoms with Crippen molar-refractivity contribution in [3.05, 3.63) is 66.1 Å². The normalized spacial score (nSPS) is 11.1. The number of ether oxygens (including phenoxy) is 3. The van der Waals surface area contributed by atoms with E-state index in [2.05, 4.69) is 24.0 Å². The second kappa shape index (κ2) is 11.0. The highest BCUT2D eigenvalue weighted by atomic mass is 16.5. The zero-order chi connectivity index (χ0) is 22.1. The lowest BCUT2D eigenvalue weighted by atomic mass is 10.2. The molecule has 7 nitrogen and oxygen atoms in total. The standard InChI is InChI=1S/C24H26N2O5/c1-4-28-21-14-18(10-12-20(21)29-15-17(2)3)11-13-23(27)30-16-22-25-26-24(31-22)19-8-6-5-7-9-19/h5-14,17H,4,15-16H2,1-3H3. The summed E-state index contributed by atoms with van der Waals surface area (Å²) in [6.45, 7) is 7.09. The molecule has 7 heteroatoms. The van der Waals surface area contributed by atoms with E-state index in [0.29, 0.717) is 36.5 Å². The summed E-state index contributed by atoms with van der Waals surface area (Å²) < 4.78 is 22.2. The number of aromatic nitrogens is 2. The third-order valence-corrected chi connectivity index (χ3v) is 4.08. The van der Waals surface area contributed by atoms with Gasteiger partial charge in [-0.15, -0.1) is 10.2 Å². The van der Waals surface area contributed by atoms with Crippen molar-refractivity contribution >= 4 is 12.0 Å². The van der Waals surface area contributed by atoms with E-state index in [1.165, 1.54) is 6.08 Å². The largest absolute Gasteiger partial charge is 0.490 e. The van der Waals surface area contributed by atoms with E-state index >= 15 is 0 Å². The van der Waals surface area contributed by atoms with Gasteiger partial charge < -0.3 is 18.6 Å². The smallest absolute Gasteiger partial charge is 0.331 e. The third kappa shape index (κ3) is 6.70. The monoisotopic (exact) mass is 422 g/mol. The van der Waals surface area contributed by atoms with Crippen LogP contribution in [-0.4, -0.2) is 29.4 Å². The Labute approximate surface area is 181 Å². The van der Waals surface area contributed by atoms with Gasteiger partial charge in [0.1, 0.15) is 0 Å². The van der Waals surface area contributed by atoms with Gasteiger partial charge in [-0.05, 0) is 48.7 Å². The van der Waals surface area contributed by atoms with Crippen molar-refractivity contribution in [1.82, 2.24) is 10.2 Å². The fraction of sp³-hybridized carbons (Fsp3) is 0.292. The summed E-state index contributed by atoms with van der Waals surface area (Å²) in [4.78, 5) is 12.1. The third-order valence-electron chi connectivity index (χ3n) is 4.08. The molecule has 162 valence electrons. The first-order valence-electron chi connectivity index (χ1n) is 10.2. The average molecular weight is 422 g/mol. The van der Waals surface area contributed by atoms with Crippen LogP contribution in [0.4, 0.5) is 0 Å². The highest BCUT2D eigenvalue weighted by Gasteiger charge is 2.10. The molecule has 1 heterocycles. The van der Waals surface area contributed by atoms with E-state index in [9.17, 15) is 4.79 Å². The zero-order valence-corrected chi connectivity index (χ0v) is 17.9. The van der Waals surface area contributed by atoms with Crippen LogP contribution in [-0.2, 0) is 16.1 Å². The summed E-state index contributed by atoms with van der Waals surface area (Å²) in [5.74, 6) is 1.82. The van der Waals surface area contributed by atoms with E-state index in [0.717, 1.165) is 11.1 Å². The van der Waals surface area contributed by atoms with Crippen LogP contribution in [0.5, 0.6) is 11.5 Å². The molecular weight excluding hydrogens is 396 g/mol. The van der Waals surface area contributed by atoms with Crippen molar-refractivity contribution in [3.63, 3.8) is 0 Å². The van der Waals surface area contributed by atoms with Gasteiger partial charge in [0, 0.05) is 11.6 Å². The molecule has 31 heavy (non-hydrogen) atoms. The van der Waals surface area contributed by atoms with Gasteiger partial charge in [-0.25, -0.2) is 4.79 Å². The number of carbonyl (C=O) groups is 1. The minimum absolute atomic E-state index is 0.102. The topological polar surface area (TPSA) is 83.7 Å². The maximum atomic E-state index is 12.1. The first-order chi connectivity index (χ1) is 15.0. The second-order valence-corrected chi connectivity index (χ2v) is 7.15. The predicted molar refractivity (Wildman–Crippen MR) is 117 cm³/mol. The second-order valence-electron chi connectivity index (χ2n) is 7.15. The predicted octanol–water partition coefficient (Wildman–Crippen LogP) is 4.93. The van der Waals surface area contributed by atoms with Crippen molar-refractivity contribution in [2.75, 3.05) is 13.2 Å². The molecule has 0 unspecified atom stereocenters. The Balaban J connectivity index is 1.57. The molecule has 0 saturated carbocycles. The minimum atomic E-state index is -0.516. The van der Waals surface area contributed by atoms with Crippen molar-refractivity contribution in [2.24, 2.45) is 5.92 Å². The molecule has 0 amide bonds. The molecule has 0 radical (unpaired) electrons. The zero-order valence-electron chi connectivity index (χ0n) is 17.9. The highest BCUT2D eigenvalue weighted by Crippen LogP contribution is 2.29. The Hall–Kier alpha value is -3.61. The van der Waals surface area contributed by atoms with Crippen LogP contribution in [0.3, 0.4) is 0 Å². The lowest BCUT2D eigenvalue weighted by Gasteiger charge is -2.14. The maximum absolute atomic E-state index is 12.1. The molecular formula is C24H26N2O5. The number of carbonyl (C=O) groups excluding carboxylic acids is 1. The van der Waals surface area contributed by atoms with E-state index in [1.54, 1.807) is 6.08 Å². The van der Waals surface area contributed by atoms with Gasteiger partial charge in [0.2, 0.25) is 5.89 Å². The molecule has 2 aromatic carbocycles. The molecule has 3 aromatic rings. The van der Waals surface area contributed by atoms with Crippen molar-refractivity contribution in [3.8, 4) is 23.0 Å². The quantitative estimate of drug-likeness (QED) is 0.338. The summed E-state index contributed by atoms with van der Waals surface area (Å²) in [6, 6.07) is 14.9. The Bertz CT molecular complexity index is 1010. The van der Waals surface area contributed by atoms with Crippen LogP contribution in [0, 0.1) is 5.92 Å². The van der Waals surface area contributed by atoms with Crippen LogP contribution in [0.15, 0.2) is 59.0 Å². The molecule has 0 saturated heterocycles. The molecule has 0 spiro atoms. The van der Waals surface area contributed by atoms with Crippen LogP contribution in [0.25, 0.3) is 17.5 Å². The van der Waals surface area contributed by atoms with Gasteiger partial charge in [-0.1, -0.05) is 38.1 Å². The fourth-order valence-electron chi connectivity index (χ4n) is 2.63. The summed E-state index contributed by atoms with van der Waals surface area (Å²) in [6.07, 6.45) is 2.99. The number of benzene rings is 2. The van der Waals surface area contributed by atoms with E-state index < -0.39 is 5.97 Å². The molecule has 0 aliphatic carbocycles. The lowest BCUT2D eigenvalue weighted by molar-refractivity contribution is -0.139. The number of hydrogen-bond acceptors (Lipinski definition) is 7. The van der Waals surface area contributed by atoms with Gasteiger partial charge in [-0.3, -0.25) is 0 Å². The van der Waals surface area contributed by atoms with Crippen molar-refractivity contribution in [2.45, 2.75) is 27.4 Å². The number of hydrogen-bond donors (Lipinski definition) is 0. The number of esters is 1. The summed E-state index contributed by atoms with van der Waals surface area (Å²) in [7, 11) is 0. The van der Waals surface area contributed by atoms with Crippen LogP contribution < -0.4 is 9.47 Å². The molecule has 1 aromatic heterocycles. The van der Waals surface area contributed by atoms with E-state index in [-0.39, 0.29) is 12.5 Å². The molecule has 0 bridgehead atoms. The first kappa shape index (κ1) is 22.1. The van der Waals surface area contributed by atoms with Crippen molar-refractivity contribution in [1.29, 1.82) is 0 Å². The van der Waals surface area contributed by atoms with Gasteiger partial charge in [-0.2, -0.15) is 0 Å². The molecule has 0 fully saturated rings. The summed E-state index contributed by atoms with van der Waals surface area (Å²) >= 11 is 0. The summed E-state index contributed by atoms with van der Waals surface area (Å²) in [5.41, 5.74) is 1.60. The fourth-order valence-corrected chi connectivity index (χ4v) is 2.63. The van der Waals surface area contributed by atoms with Crippen LogP contribution in [0.1, 0.15) is 32.2 Å². The van der Waals surface area contributed by atoms with E-state index in [4.69, 9.17) is 18.6 Å². The van der Waals surface area contributed by atoms with Gasteiger partial charge in [0.15, 0.2) is 18.1 Å². The Morgan fingerprint density at radius 2 is 1.87 bits per heavy atom. The average Bonchev–Trinajstić information content (AvgIpc) is 3.25. The van der Waals surface area contributed by atoms with Crippen LogP contribution in [0.2, 0.25) is 0 Å². The van der Waals surface area contributed by atoms with Gasteiger partial charge in [0.05, 0.1) is 13.2 Å². The Kier molecular flexibility index (Phi) is 7.81. The van der Waals surface area contributed by atoms with Gasteiger partial charge in [0.25, 0.3) is 5.89 Å². The number of nitrogens with zero attached hydrogens (tertiary/aromatic N) is 2. The SMILES string of the molecule is CCOc1cc(C=CC(=O)OCc2nnc(-c3ccccc3)o2)ccc1OCC(C)C. The van der Waals surface area contributed by atoms with Gasteiger partial charge >= 0.3 is 5.97 Å². The molecule has 0 aliphatic rings. The number of rotatable bonds is 10. The van der Waals surface area contributed by atoms with E-state index in [1.807, 2.05) is 55.5 Å². The Morgan fingerprint density at radius 1 is 1.06 bits per heavy atom. The Morgan fingerprint density at radius 3 is 2.61 bits per heavy atom. The maximum Gasteiger partial charge on any atom is 0.331 e. The molecule has 3 rings (SSSR count). The molecule has 0 atom stereocenters.